The van der Waals surface area contributed by atoms with Crippen molar-refractivity contribution >= 4 is 15.9 Å². The molecule has 144 valence electrons. The molecule has 7 heteroatoms. The van der Waals surface area contributed by atoms with Gasteiger partial charge >= 0.3 is 0 Å². The number of terminal acetylenes is 1. The van der Waals surface area contributed by atoms with Crippen LogP contribution >= 0.6 is 0 Å². The van der Waals surface area contributed by atoms with Crippen molar-refractivity contribution in [2.75, 3.05) is 13.1 Å². The van der Waals surface area contributed by atoms with Crippen LogP contribution in [0.15, 0.2) is 29.2 Å². The molecule has 0 atom stereocenters. The maximum Gasteiger partial charge on any atom is 0.244 e. The van der Waals surface area contributed by atoms with Gasteiger partial charge in [-0.2, -0.15) is 9.57 Å². The van der Waals surface area contributed by atoms with Crippen LogP contribution < -0.4 is 5.32 Å². The van der Waals surface area contributed by atoms with Gasteiger partial charge in [0, 0.05) is 19.0 Å². The zero-order chi connectivity index (χ0) is 20.1. The molecule has 1 amide bonds. The molecule has 1 aliphatic heterocycles. The molecule has 1 aromatic carbocycles. The third-order valence-electron chi connectivity index (χ3n) is 5.30. The Kier molecular flexibility index (Phi) is 6.64. The molecule has 2 rings (SSSR count). The van der Waals surface area contributed by atoms with Gasteiger partial charge in [0.05, 0.1) is 10.5 Å². The quantitative estimate of drug-likeness (QED) is 0.758. The molecule has 6 nitrogen and oxygen atoms in total. The molecular weight excluding hydrogens is 362 g/mol. The van der Waals surface area contributed by atoms with Gasteiger partial charge < -0.3 is 5.32 Å². The number of hydrogen-bond acceptors (Lipinski definition) is 4. The fourth-order valence-corrected chi connectivity index (χ4v) is 4.90. The summed E-state index contributed by atoms with van der Waals surface area (Å²) in [6.45, 7) is 4.35. The van der Waals surface area contributed by atoms with Gasteiger partial charge in [0.25, 0.3) is 0 Å². The van der Waals surface area contributed by atoms with Gasteiger partial charge in [-0.05, 0) is 37.8 Å². The smallest absolute Gasteiger partial charge is 0.244 e. The van der Waals surface area contributed by atoms with Crippen LogP contribution in [0.5, 0.6) is 0 Å². The highest BCUT2D eigenvalue weighted by Crippen LogP contribution is 2.26. The minimum Gasteiger partial charge on any atom is -0.340 e. The Morgan fingerprint density at radius 3 is 2.41 bits per heavy atom. The van der Waals surface area contributed by atoms with Crippen molar-refractivity contribution < 1.29 is 13.2 Å². The second-order valence-electron chi connectivity index (χ2n) is 6.71. The van der Waals surface area contributed by atoms with Crippen LogP contribution in [0, 0.1) is 29.6 Å². The van der Waals surface area contributed by atoms with Crippen LogP contribution in [0.1, 0.15) is 45.1 Å². The number of nitriles is 1. The van der Waals surface area contributed by atoms with E-state index in [1.807, 2.05) is 19.9 Å². The number of benzene rings is 1. The monoisotopic (exact) mass is 387 g/mol. The minimum absolute atomic E-state index is 0.0127. The number of sulfonamides is 1. The zero-order valence-electron chi connectivity index (χ0n) is 15.7. The summed E-state index contributed by atoms with van der Waals surface area (Å²) in [5.41, 5.74) is -0.520. The second kappa shape index (κ2) is 8.56. The van der Waals surface area contributed by atoms with E-state index in [0.29, 0.717) is 25.7 Å². The first-order valence-electron chi connectivity index (χ1n) is 9.12. The van der Waals surface area contributed by atoms with Crippen molar-refractivity contribution in [1.82, 2.24) is 9.62 Å². The van der Waals surface area contributed by atoms with Crippen molar-refractivity contribution in [2.45, 2.75) is 50.0 Å². The standard InChI is InChI=1S/C20H25N3O3S/c1-4-20(5-2,6-3)22-19(24)16-11-13-23(14-12-16)27(25,26)18-10-8-7-9-17(18)15-21/h1,7-10,16H,5-6,11-14H2,2-3H3,(H,22,24). The summed E-state index contributed by atoms with van der Waals surface area (Å²) in [7, 11) is -3.76. The number of carbonyl (C=O) groups excluding carboxylic acids is 1. The summed E-state index contributed by atoms with van der Waals surface area (Å²) in [5, 5.41) is 12.1. The summed E-state index contributed by atoms with van der Waals surface area (Å²) in [6.07, 6.45) is 7.73. The lowest BCUT2D eigenvalue weighted by Crippen LogP contribution is -2.51. The predicted molar refractivity (Wildman–Crippen MR) is 103 cm³/mol. The Balaban J connectivity index is 2.08. The first-order chi connectivity index (χ1) is 12.8. The summed E-state index contributed by atoms with van der Waals surface area (Å²) < 4.78 is 27.1. The first kappa shape index (κ1) is 21.0. The van der Waals surface area contributed by atoms with Crippen LogP contribution in [0.3, 0.4) is 0 Å². The SMILES string of the molecule is C#CC(CC)(CC)NC(=O)C1CCN(S(=O)(=O)c2ccccc2C#N)CC1. The molecule has 0 radical (unpaired) electrons. The van der Waals surface area contributed by atoms with Crippen LogP contribution in [0.25, 0.3) is 0 Å². The Bertz CT molecular complexity index is 868. The van der Waals surface area contributed by atoms with E-state index in [9.17, 15) is 18.5 Å². The maximum absolute atomic E-state index is 12.9. The number of carbonyl (C=O) groups is 1. The van der Waals surface area contributed by atoms with Crippen LogP contribution in [-0.2, 0) is 14.8 Å². The minimum atomic E-state index is -3.76. The topological polar surface area (TPSA) is 90.3 Å². The number of nitrogens with one attached hydrogen (secondary N) is 1. The molecule has 27 heavy (non-hydrogen) atoms. The third kappa shape index (κ3) is 4.32. The van der Waals surface area contributed by atoms with Gasteiger partial charge in [-0.25, -0.2) is 8.42 Å². The van der Waals surface area contributed by atoms with Gasteiger partial charge in [0.1, 0.15) is 11.6 Å². The first-order valence-corrected chi connectivity index (χ1v) is 10.6. The van der Waals surface area contributed by atoms with E-state index in [1.54, 1.807) is 12.1 Å². The third-order valence-corrected chi connectivity index (χ3v) is 7.25. The number of hydrogen-bond donors (Lipinski definition) is 1. The highest BCUT2D eigenvalue weighted by molar-refractivity contribution is 7.89. The van der Waals surface area contributed by atoms with E-state index in [-0.39, 0.29) is 35.4 Å². The van der Waals surface area contributed by atoms with E-state index in [4.69, 9.17) is 6.42 Å². The molecule has 0 spiro atoms. The van der Waals surface area contributed by atoms with Crippen molar-refractivity contribution in [1.29, 1.82) is 5.26 Å². The highest BCUT2D eigenvalue weighted by atomic mass is 32.2. The van der Waals surface area contributed by atoms with Crippen molar-refractivity contribution in [3.05, 3.63) is 29.8 Å². The molecule has 0 saturated carbocycles. The number of amides is 1. The molecule has 1 aromatic rings. The molecule has 0 unspecified atom stereocenters. The van der Waals surface area contributed by atoms with Crippen molar-refractivity contribution in [2.24, 2.45) is 5.92 Å². The van der Waals surface area contributed by atoms with E-state index in [0.717, 1.165) is 0 Å². The van der Waals surface area contributed by atoms with Crippen molar-refractivity contribution in [3.8, 4) is 18.4 Å². The predicted octanol–water partition coefficient (Wildman–Crippen LogP) is 2.27. The molecule has 0 bridgehead atoms. The zero-order valence-corrected chi connectivity index (χ0v) is 16.6. The van der Waals surface area contributed by atoms with Crippen LogP contribution in [0.2, 0.25) is 0 Å². The largest absolute Gasteiger partial charge is 0.340 e. The summed E-state index contributed by atoms with van der Waals surface area (Å²) in [6, 6.07) is 8.09. The molecule has 1 saturated heterocycles. The van der Waals surface area contributed by atoms with E-state index in [1.165, 1.54) is 16.4 Å². The average Bonchev–Trinajstić information content (AvgIpc) is 2.72. The van der Waals surface area contributed by atoms with Gasteiger partial charge in [0.2, 0.25) is 15.9 Å². The fraction of sp³-hybridized carbons (Fsp3) is 0.500. The molecule has 1 aliphatic rings. The lowest BCUT2D eigenvalue weighted by Gasteiger charge is -2.34. The molecule has 0 aliphatic carbocycles. The summed E-state index contributed by atoms with van der Waals surface area (Å²) in [5.74, 6) is 2.29. The number of rotatable bonds is 6. The molecule has 1 N–H and O–H groups in total. The van der Waals surface area contributed by atoms with Gasteiger partial charge in [0.15, 0.2) is 0 Å². The molecule has 0 aromatic heterocycles. The van der Waals surface area contributed by atoms with Crippen LogP contribution in [-0.4, -0.2) is 37.3 Å². The Hall–Kier alpha value is -2.35. The van der Waals surface area contributed by atoms with Gasteiger partial charge in [-0.1, -0.05) is 31.9 Å². The van der Waals surface area contributed by atoms with Crippen LogP contribution in [0.4, 0.5) is 0 Å². The van der Waals surface area contributed by atoms with E-state index < -0.39 is 15.6 Å². The summed E-state index contributed by atoms with van der Waals surface area (Å²) in [4.78, 5) is 12.6. The molecule has 1 fully saturated rings. The lowest BCUT2D eigenvalue weighted by atomic mass is 9.90. The molecule has 1 heterocycles. The second-order valence-corrected chi connectivity index (χ2v) is 8.62. The Labute approximate surface area is 161 Å². The van der Waals surface area contributed by atoms with Crippen molar-refractivity contribution in [3.63, 3.8) is 0 Å². The Morgan fingerprint density at radius 2 is 1.89 bits per heavy atom. The van der Waals surface area contributed by atoms with E-state index >= 15 is 0 Å². The lowest BCUT2D eigenvalue weighted by molar-refractivity contribution is -0.127. The summed E-state index contributed by atoms with van der Waals surface area (Å²) >= 11 is 0. The molecular formula is C20H25N3O3S. The number of piperidine rings is 1. The van der Waals surface area contributed by atoms with Gasteiger partial charge in [-0.3, -0.25) is 4.79 Å². The highest BCUT2D eigenvalue weighted by Gasteiger charge is 2.35. The number of nitrogens with zero attached hydrogens (tertiary/aromatic N) is 2. The maximum atomic E-state index is 12.9. The Morgan fingerprint density at radius 1 is 1.30 bits per heavy atom. The van der Waals surface area contributed by atoms with Gasteiger partial charge in [-0.15, -0.1) is 6.42 Å². The normalized spacial score (nSPS) is 16.3. The fourth-order valence-electron chi connectivity index (χ4n) is 3.29. The average molecular weight is 388 g/mol. The van der Waals surface area contributed by atoms with E-state index in [2.05, 4.69) is 11.2 Å².